The van der Waals surface area contributed by atoms with Crippen molar-refractivity contribution in [1.29, 1.82) is 0 Å². The highest BCUT2D eigenvalue weighted by molar-refractivity contribution is 5.79. The number of carboxylic acids is 1. The number of carboxylic acid groups (broad SMARTS) is 1. The van der Waals surface area contributed by atoms with Gasteiger partial charge in [-0.3, -0.25) is 19.7 Å². The Kier molecular flexibility index (Phi) is 4.21. The Morgan fingerprint density at radius 2 is 2.19 bits per heavy atom. The number of nitrogens with zero attached hydrogens (tertiary/aromatic N) is 2. The molecular weight excluding hydrogens is 276 g/mol. The van der Waals surface area contributed by atoms with Crippen molar-refractivity contribution in [2.24, 2.45) is 5.92 Å². The molecule has 1 fully saturated rings. The Hall–Kier alpha value is -2.44. The van der Waals surface area contributed by atoms with Gasteiger partial charge in [-0.2, -0.15) is 0 Å². The minimum absolute atomic E-state index is 0.110. The summed E-state index contributed by atoms with van der Waals surface area (Å²) >= 11 is 0. The molecule has 0 spiro atoms. The minimum atomic E-state index is -0.993. The first-order chi connectivity index (χ1) is 9.91. The molecule has 0 aromatic heterocycles. The van der Waals surface area contributed by atoms with Crippen LogP contribution in [0.2, 0.25) is 0 Å². The Bertz CT molecular complexity index is 586. The molecule has 1 aliphatic heterocycles. The van der Waals surface area contributed by atoms with Crippen LogP contribution in [0.5, 0.6) is 0 Å². The third-order valence-electron chi connectivity index (χ3n) is 3.84. The molecule has 1 heterocycles. The van der Waals surface area contributed by atoms with Crippen molar-refractivity contribution in [3.8, 4) is 0 Å². The van der Waals surface area contributed by atoms with Crippen LogP contribution in [0.1, 0.15) is 30.9 Å². The van der Waals surface area contributed by atoms with E-state index in [0.717, 1.165) is 0 Å². The van der Waals surface area contributed by atoms with Gasteiger partial charge in [0.05, 0.1) is 16.9 Å². The first kappa shape index (κ1) is 15.0. The topological polar surface area (TPSA) is 101 Å². The van der Waals surface area contributed by atoms with Gasteiger partial charge in [0, 0.05) is 25.6 Å². The van der Waals surface area contributed by atoms with Crippen LogP contribution in [0.3, 0.4) is 0 Å². The van der Waals surface area contributed by atoms with Gasteiger partial charge in [-0.1, -0.05) is 12.1 Å². The standard InChI is InChI=1S/C14H16N2O5/c1-15-12(17)7-3-6-11(14(18)19)13(15)9-4-2-5-10(8-9)16(20)21/h2,4-5,8,11,13H,3,6-7H2,1H3,(H,18,19). The monoisotopic (exact) mass is 292 g/mol. The zero-order valence-corrected chi connectivity index (χ0v) is 11.6. The van der Waals surface area contributed by atoms with Gasteiger partial charge in [-0.25, -0.2) is 0 Å². The molecule has 1 N–H and O–H groups in total. The lowest BCUT2D eigenvalue weighted by atomic mass is 9.89. The van der Waals surface area contributed by atoms with E-state index in [1.165, 1.54) is 23.1 Å². The van der Waals surface area contributed by atoms with E-state index in [1.54, 1.807) is 13.1 Å². The van der Waals surface area contributed by atoms with Crippen LogP contribution in [-0.4, -0.2) is 33.9 Å². The van der Waals surface area contributed by atoms with Crippen molar-refractivity contribution in [3.63, 3.8) is 0 Å². The van der Waals surface area contributed by atoms with Gasteiger partial charge in [0.1, 0.15) is 0 Å². The maximum atomic E-state index is 12.0. The molecule has 21 heavy (non-hydrogen) atoms. The molecule has 1 aromatic rings. The first-order valence-corrected chi connectivity index (χ1v) is 6.64. The zero-order chi connectivity index (χ0) is 15.6. The largest absolute Gasteiger partial charge is 0.481 e. The predicted molar refractivity (Wildman–Crippen MR) is 73.6 cm³/mol. The number of hydrogen-bond acceptors (Lipinski definition) is 4. The molecule has 0 aliphatic carbocycles. The highest BCUT2D eigenvalue weighted by atomic mass is 16.6. The van der Waals surface area contributed by atoms with E-state index < -0.39 is 22.9 Å². The predicted octanol–water partition coefficient (Wildman–Crippen LogP) is 1.98. The molecule has 7 heteroatoms. The number of hydrogen-bond donors (Lipinski definition) is 1. The van der Waals surface area contributed by atoms with Crippen LogP contribution in [-0.2, 0) is 9.59 Å². The van der Waals surface area contributed by atoms with E-state index in [4.69, 9.17) is 0 Å². The summed E-state index contributed by atoms with van der Waals surface area (Å²) in [5, 5.41) is 20.3. The number of aliphatic carboxylic acids is 1. The number of carbonyl (C=O) groups excluding carboxylic acids is 1. The van der Waals surface area contributed by atoms with Crippen molar-refractivity contribution in [1.82, 2.24) is 4.90 Å². The Labute approximate surface area is 121 Å². The number of likely N-dealkylation sites (tertiary alicyclic amines) is 1. The average Bonchev–Trinajstić information content (AvgIpc) is 2.59. The van der Waals surface area contributed by atoms with Crippen LogP contribution in [0.4, 0.5) is 5.69 Å². The Morgan fingerprint density at radius 1 is 1.48 bits per heavy atom. The smallest absolute Gasteiger partial charge is 0.308 e. The highest BCUT2D eigenvalue weighted by Gasteiger charge is 2.37. The van der Waals surface area contributed by atoms with Crippen LogP contribution in [0, 0.1) is 16.0 Å². The van der Waals surface area contributed by atoms with Crippen LogP contribution >= 0.6 is 0 Å². The van der Waals surface area contributed by atoms with E-state index >= 15 is 0 Å². The molecule has 112 valence electrons. The third-order valence-corrected chi connectivity index (χ3v) is 3.84. The molecule has 2 atom stereocenters. The lowest BCUT2D eigenvalue weighted by molar-refractivity contribution is -0.385. The van der Waals surface area contributed by atoms with Crippen molar-refractivity contribution >= 4 is 17.6 Å². The summed E-state index contributed by atoms with van der Waals surface area (Å²) in [5.74, 6) is -1.90. The summed E-state index contributed by atoms with van der Waals surface area (Å²) in [5.41, 5.74) is 0.371. The van der Waals surface area contributed by atoms with E-state index in [9.17, 15) is 24.8 Å². The summed E-state index contributed by atoms with van der Waals surface area (Å²) < 4.78 is 0. The number of rotatable bonds is 3. The van der Waals surface area contributed by atoms with Gasteiger partial charge in [0.2, 0.25) is 5.91 Å². The average molecular weight is 292 g/mol. The van der Waals surface area contributed by atoms with Crippen LogP contribution in [0.25, 0.3) is 0 Å². The van der Waals surface area contributed by atoms with Crippen molar-refractivity contribution < 1.29 is 19.6 Å². The summed E-state index contributed by atoms with van der Waals surface area (Å²) in [6.45, 7) is 0. The summed E-state index contributed by atoms with van der Waals surface area (Å²) in [6.07, 6.45) is 1.18. The van der Waals surface area contributed by atoms with E-state index in [2.05, 4.69) is 0 Å². The number of nitro groups is 1. The molecule has 0 bridgehead atoms. The molecular formula is C14H16N2O5. The van der Waals surface area contributed by atoms with E-state index in [0.29, 0.717) is 24.8 Å². The molecule has 1 aliphatic rings. The number of non-ortho nitro benzene ring substituents is 1. The second-order valence-corrected chi connectivity index (χ2v) is 5.14. The molecule has 0 saturated carbocycles. The van der Waals surface area contributed by atoms with Crippen molar-refractivity contribution in [2.45, 2.75) is 25.3 Å². The molecule has 1 saturated heterocycles. The summed E-state index contributed by atoms with van der Waals surface area (Å²) in [6, 6.07) is 5.14. The van der Waals surface area contributed by atoms with Gasteiger partial charge in [-0.15, -0.1) is 0 Å². The second-order valence-electron chi connectivity index (χ2n) is 5.14. The molecule has 2 unspecified atom stereocenters. The van der Waals surface area contributed by atoms with Gasteiger partial charge >= 0.3 is 5.97 Å². The first-order valence-electron chi connectivity index (χ1n) is 6.64. The fourth-order valence-electron chi connectivity index (χ4n) is 2.77. The zero-order valence-electron chi connectivity index (χ0n) is 11.6. The fraction of sp³-hybridized carbons (Fsp3) is 0.429. The Balaban J connectivity index is 2.48. The fourth-order valence-corrected chi connectivity index (χ4v) is 2.77. The van der Waals surface area contributed by atoms with Gasteiger partial charge in [0.15, 0.2) is 0 Å². The molecule has 1 aromatic carbocycles. The number of nitro benzene ring substituents is 1. The lowest BCUT2D eigenvalue weighted by Crippen LogP contribution is -2.36. The van der Waals surface area contributed by atoms with Crippen LogP contribution < -0.4 is 0 Å². The molecule has 1 amide bonds. The Morgan fingerprint density at radius 3 is 2.81 bits per heavy atom. The lowest BCUT2D eigenvalue weighted by Gasteiger charge is -2.30. The number of amides is 1. The second kappa shape index (κ2) is 5.90. The van der Waals surface area contributed by atoms with Crippen molar-refractivity contribution in [3.05, 3.63) is 39.9 Å². The van der Waals surface area contributed by atoms with E-state index in [1.807, 2.05) is 0 Å². The minimum Gasteiger partial charge on any atom is -0.481 e. The maximum Gasteiger partial charge on any atom is 0.308 e. The SMILES string of the molecule is CN1C(=O)CCCC(C(=O)O)C1c1cccc([N+](=O)[O-])c1. The van der Waals surface area contributed by atoms with Crippen LogP contribution in [0.15, 0.2) is 24.3 Å². The van der Waals surface area contributed by atoms with Gasteiger partial charge in [-0.05, 0) is 18.4 Å². The number of benzene rings is 1. The maximum absolute atomic E-state index is 12.0. The molecule has 2 rings (SSSR count). The third kappa shape index (κ3) is 3.01. The highest BCUT2D eigenvalue weighted by Crippen LogP contribution is 2.36. The van der Waals surface area contributed by atoms with Gasteiger partial charge in [0.25, 0.3) is 5.69 Å². The molecule has 7 nitrogen and oxygen atoms in total. The van der Waals surface area contributed by atoms with Crippen molar-refractivity contribution in [2.75, 3.05) is 7.05 Å². The molecule has 0 radical (unpaired) electrons. The summed E-state index contributed by atoms with van der Waals surface area (Å²) in [7, 11) is 1.55. The quantitative estimate of drug-likeness (QED) is 0.678. The normalized spacial score (nSPS) is 22.7. The van der Waals surface area contributed by atoms with Gasteiger partial charge < -0.3 is 10.0 Å². The summed E-state index contributed by atoms with van der Waals surface area (Å²) in [4.78, 5) is 35.2. The van der Waals surface area contributed by atoms with E-state index in [-0.39, 0.29) is 11.6 Å². The number of carbonyl (C=O) groups is 2.